The lowest BCUT2D eigenvalue weighted by Crippen LogP contribution is -1.84. The third kappa shape index (κ3) is 1.38. The third-order valence-electron chi connectivity index (χ3n) is 3.11. The molecule has 0 spiro atoms. The molecule has 16 heavy (non-hydrogen) atoms. The lowest BCUT2D eigenvalue weighted by molar-refractivity contribution is 1.16. The molecule has 3 aromatic rings. The Hall–Kier alpha value is -1.82. The molecule has 0 N–H and O–H groups in total. The molecule has 0 aliphatic rings. The van der Waals surface area contributed by atoms with Gasteiger partial charge in [-0.3, -0.25) is 0 Å². The number of hydrogen-bond acceptors (Lipinski definition) is 0. The Labute approximate surface area is 95.5 Å². The predicted octanol–water partition coefficient (Wildman–Crippen LogP) is 4.36. The minimum atomic E-state index is 1.07. The zero-order valence-electron chi connectivity index (χ0n) is 9.33. The van der Waals surface area contributed by atoms with E-state index in [-0.39, 0.29) is 0 Å². The molecule has 0 unspecified atom stereocenters. The first-order chi connectivity index (χ1) is 7.88. The van der Waals surface area contributed by atoms with Crippen LogP contribution < -0.4 is 0 Å². The molecule has 0 aliphatic heterocycles. The van der Waals surface area contributed by atoms with E-state index in [1.807, 2.05) is 0 Å². The maximum Gasteiger partial charge on any atom is -0.00142 e. The molecule has 0 atom stereocenters. The van der Waals surface area contributed by atoms with Crippen molar-refractivity contribution in [3.63, 3.8) is 0 Å². The van der Waals surface area contributed by atoms with Crippen molar-refractivity contribution in [2.45, 2.75) is 13.3 Å². The lowest BCUT2D eigenvalue weighted by Gasteiger charge is -2.05. The van der Waals surface area contributed by atoms with Crippen molar-refractivity contribution >= 4 is 21.5 Å². The maximum atomic E-state index is 3.48. The molecule has 0 fully saturated rings. The second-order valence-electron chi connectivity index (χ2n) is 4.09. The highest BCUT2D eigenvalue weighted by Gasteiger charge is 2.01. The fourth-order valence-corrected chi connectivity index (χ4v) is 2.24. The summed E-state index contributed by atoms with van der Waals surface area (Å²) in [4.78, 5) is 0. The molecule has 0 aromatic heterocycles. The van der Waals surface area contributed by atoms with Gasteiger partial charge in [-0.15, -0.1) is 0 Å². The normalized spacial score (nSPS) is 11.1. The molecular weight excluding hydrogens is 192 g/mol. The van der Waals surface area contributed by atoms with Crippen LogP contribution in [0.2, 0.25) is 0 Å². The zero-order valence-corrected chi connectivity index (χ0v) is 9.33. The molecule has 0 saturated carbocycles. The van der Waals surface area contributed by atoms with Gasteiger partial charge in [0.15, 0.2) is 0 Å². The van der Waals surface area contributed by atoms with E-state index in [0.29, 0.717) is 0 Å². The van der Waals surface area contributed by atoms with E-state index < -0.39 is 0 Å². The van der Waals surface area contributed by atoms with E-state index >= 15 is 0 Å². The standard InChI is InChI=1S/C16H13/c1-2-12-8-5-9-15-10-13-6-3-4-7-14(13)11-16(12)15/h3-9,11H,2H2,1H3. The van der Waals surface area contributed by atoms with Crippen molar-refractivity contribution in [1.29, 1.82) is 0 Å². The van der Waals surface area contributed by atoms with E-state index in [1.165, 1.54) is 27.1 Å². The molecule has 0 nitrogen and oxygen atoms in total. The molecule has 3 aromatic carbocycles. The van der Waals surface area contributed by atoms with E-state index in [4.69, 9.17) is 0 Å². The minimum Gasteiger partial charge on any atom is -0.0616 e. The summed E-state index contributed by atoms with van der Waals surface area (Å²) in [6.45, 7) is 2.20. The van der Waals surface area contributed by atoms with Crippen LogP contribution in [0.4, 0.5) is 0 Å². The van der Waals surface area contributed by atoms with Gasteiger partial charge >= 0.3 is 0 Å². The van der Waals surface area contributed by atoms with Crippen molar-refractivity contribution < 1.29 is 0 Å². The average molecular weight is 205 g/mol. The lowest BCUT2D eigenvalue weighted by atomic mass is 9.99. The summed E-state index contributed by atoms with van der Waals surface area (Å²) in [7, 11) is 0. The third-order valence-corrected chi connectivity index (χ3v) is 3.11. The number of benzene rings is 3. The summed E-state index contributed by atoms with van der Waals surface area (Å²) in [5, 5.41) is 5.03. The first-order valence-corrected chi connectivity index (χ1v) is 5.71. The van der Waals surface area contributed by atoms with Gasteiger partial charge in [-0.1, -0.05) is 49.4 Å². The fourth-order valence-electron chi connectivity index (χ4n) is 2.24. The molecule has 0 aliphatic carbocycles. The Morgan fingerprint density at radius 3 is 2.62 bits per heavy atom. The van der Waals surface area contributed by atoms with Crippen LogP contribution >= 0.6 is 0 Å². The van der Waals surface area contributed by atoms with Crippen LogP contribution in [0.15, 0.2) is 48.5 Å². The predicted molar refractivity (Wildman–Crippen MR) is 69.7 cm³/mol. The molecular formula is C16H13. The minimum absolute atomic E-state index is 1.07. The summed E-state index contributed by atoms with van der Waals surface area (Å²) in [5.41, 5.74) is 1.40. The topological polar surface area (TPSA) is 0 Å². The second-order valence-corrected chi connectivity index (χ2v) is 4.09. The van der Waals surface area contributed by atoms with Crippen LogP contribution in [0.5, 0.6) is 0 Å². The molecule has 0 saturated heterocycles. The molecule has 0 heteroatoms. The van der Waals surface area contributed by atoms with Crippen molar-refractivity contribution in [2.75, 3.05) is 0 Å². The van der Waals surface area contributed by atoms with Crippen molar-refractivity contribution in [1.82, 2.24) is 0 Å². The molecule has 1 radical (unpaired) electrons. The summed E-state index contributed by atoms with van der Waals surface area (Å²) >= 11 is 0. The largest absolute Gasteiger partial charge is 0.0616 e. The summed E-state index contributed by atoms with van der Waals surface area (Å²) in [6, 6.07) is 20.6. The summed E-state index contributed by atoms with van der Waals surface area (Å²) in [5.74, 6) is 0. The van der Waals surface area contributed by atoms with Crippen LogP contribution in [0, 0.1) is 6.07 Å². The Balaban J connectivity index is 2.46. The van der Waals surface area contributed by atoms with Crippen molar-refractivity contribution in [3.8, 4) is 0 Å². The van der Waals surface area contributed by atoms with Gasteiger partial charge < -0.3 is 0 Å². The second kappa shape index (κ2) is 3.64. The van der Waals surface area contributed by atoms with Crippen LogP contribution in [-0.2, 0) is 6.42 Å². The van der Waals surface area contributed by atoms with Crippen molar-refractivity contribution in [3.05, 3.63) is 60.2 Å². The molecule has 0 amide bonds. The van der Waals surface area contributed by atoms with Gasteiger partial charge in [0.1, 0.15) is 0 Å². The van der Waals surface area contributed by atoms with Gasteiger partial charge in [0, 0.05) is 0 Å². The van der Waals surface area contributed by atoms with Crippen LogP contribution in [0.3, 0.4) is 0 Å². The smallest absolute Gasteiger partial charge is 0.00142 e. The Kier molecular flexibility index (Phi) is 2.14. The Morgan fingerprint density at radius 2 is 1.75 bits per heavy atom. The molecule has 3 rings (SSSR count). The van der Waals surface area contributed by atoms with Crippen LogP contribution in [0.1, 0.15) is 12.5 Å². The van der Waals surface area contributed by atoms with E-state index in [1.54, 1.807) is 0 Å². The van der Waals surface area contributed by atoms with E-state index in [2.05, 4.69) is 61.5 Å². The van der Waals surface area contributed by atoms with Gasteiger partial charge in [-0.05, 0) is 45.7 Å². The van der Waals surface area contributed by atoms with Gasteiger partial charge in [0.25, 0.3) is 0 Å². The van der Waals surface area contributed by atoms with Gasteiger partial charge in [-0.2, -0.15) is 0 Å². The number of fused-ring (bicyclic) bond motifs is 2. The Morgan fingerprint density at radius 1 is 0.938 bits per heavy atom. The highest BCUT2D eigenvalue weighted by Crippen LogP contribution is 2.25. The number of aryl methyl sites for hydroxylation is 1. The van der Waals surface area contributed by atoms with Crippen molar-refractivity contribution in [2.24, 2.45) is 0 Å². The SMILES string of the molecule is CCc1cccc2[c]c3ccccc3cc12. The van der Waals surface area contributed by atoms with Crippen LogP contribution in [0.25, 0.3) is 21.5 Å². The van der Waals surface area contributed by atoms with Gasteiger partial charge in [0.05, 0.1) is 0 Å². The Bertz CT molecular complexity index is 650. The first kappa shape index (κ1) is 9.41. The quantitative estimate of drug-likeness (QED) is 0.518. The zero-order chi connectivity index (χ0) is 11.0. The van der Waals surface area contributed by atoms with Gasteiger partial charge in [-0.25, -0.2) is 0 Å². The van der Waals surface area contributed by atoms with E-state index in [9.17, 15) is 0 Å². The number of rotatable bonds is 1. The fraction of sp³-hybridized carbons (Fsp3) is 0.125. The van der Waals surface area contributed by atoms with E-state index in [0.717, 1.165) is 6.42 Å². The highest BCUT2D eigenvalue weighted by atomic mass is 14.0. The van der Waals surface area contributed by atoms with Crippen LogP contribution in [-0.4, -0.2) is 0 Å². The molecule has 0 bridgehead atoms. The monoisotopic (exact) mass is 205 g/mol. The average Bonchev–Trinajstić information content (AvgIpc) is 2.35. The summed E-state index contributed by atoms with van der Waals surface area (Å²) < 4.78 is 0. The number of hydrogen-bond donors (Lipinski definition) is 0. The first-order valence-electron chi connectivity index (χ1n) is 5.71. The highest BCUT2D eigenvalue weighted by molar-refractivity contribution is 5.98. The molecule has 0 heterocycles. The van der Waals surface area contributed by atoms with Gasteiger partial charge in [0.2, 0.25) is 0 Å². The maximum absolute atomic E-state index is 3.48. The summed E-state index contributed by atoms with van der Waals surface area (Å²) in [6.07, 6.45) is 1.07. The molecule has 77 valence electrons.